The van der Waals surface area contributed by atoms with E-state index in [-0.39, 0.29) is 12.1 Å². The van der Waals surface area contributed by atoms with E-state index in [9.17, 15) is 4.79 Å². The number of hydrogen-bond donors (Lipinski definition) is 1. The first kappa shape index (κ1) is 5.20. The highest BCUT2D eigenvalue weighted by atomic mass is 16.5. The normalized spacial score (nSPS) is 40.6. The minimum atomic E-state index is -0.683. The van der Waals surface area contributed by atoms with E-state index in [4.69, 9.17) is 10.5 Å². The van der Waals surface area contributed by atoms with E-state index in [0.29, 0.717) is 0 Å². The van der Waals surface area contributed by atoms with Gasteiger partial charge >= 0.3 is 0 Å². The van der Waals surface area contributed by atoms with Crippen LogP contribution in [-0.2, 0) is 9.53 Å². The van der Waals surface area contributed by atoms with Gasteiger partial charge < -0.3 is 9.64 Å². The first-order chi connectivity index (χ1) is 4.29. The van der Waals surface area contributed by atoms with Crippen LogP contribution >= 0.6 is 0 Å². The Morgan fingerprint density at radius 1 is 1.78 bits per heavy atom. The van der Waals surface area contributed by atoms with Crippen molar-refractivity contribution < 1.29 is 9.53 Å². The highest BCUT2D eigenvalue weighted by molar-refractivity contribution is 5.82. The SMILES string of the molecule is NC1OC2CCN2C1=O. The Morgan fingerprint density at radius 2 is 2.56 bits per heavy atom. The van der Waals surface area contributed by atoms with Crippen LogP contribution in [0.2, 0.25) is 0 Å². The van der Waals surface area contributed by atoms with Crippen LogP contribution in [0.25, 0.3) is 0 Å². The van der Waals surface area contributed by atoms with E-state index in [1.165, 1.54) is 0 Å². The Balaban J connectivity index is 2.16. The van der Waals surface area contributed by atoms with Gasteiger partial charge in [0.25, 0.3) is 5.91 Å². The molecule has 2 aliphatic rings. The van der Waals surface area contributed by atoms with Crippen LogP contribution in [0.15, 0.2) is 0 Å². The first-order valence-corrected chi connectivity index (χ1v) is 3.00. The second-order valence-corrected chi connectivity index (χ2v) is 2.33. The van der Waals surface area contributed by atoms with Gasteiger partial charge in [0.2, 0.25) is 0 Å². The molecule has 2 heterocycles. The van der Waals surface area contributed by atoms with Gasteiger partial charge in [0.05, 0.1) is 0 Å². The number of nitrogens with two attached hydrogens (primary N) is 1. The summed E-state index contributed by atoms with van der Waals surface area (Å²) in [6, 6.07) is 0. The minimum absolute atomic E-state index is 0.00694. The lowest BCUT2D eigenvalue weighted by Gasteiger charge is -2.32. The number of ether oxygens (including phenoxy) is 1. The van der Waals surface area contributed by atoms with Crippen LogP contribution in [0.5, 0.6) is 0 Å². The highest BCUT2D eigenvalue weighted by Crippen LogP contribution is 2.25. The van der Waals surface area contributed by atoms with E-state index >= 15 is 0 Å². The quantitative estimate of drug-likeness (QED) is 0.448. The fourth-order valence-electron chi connectivity index (χ4n) is 1.15. The van der Waals surface area contributed by atoms with Gasteiger partial charge in [-0.3, -0.25) is 10.5 Å². The molecule has 50 valence electrons. The Hall–Kier alpha value is -0.610. The maximum atomic E-state index is 10.8. The van der Waals surface area contributed by atoms with Gasteiger partial charge in [-0.1, -0.05) is 0 Å². The second kappa shape index (κ2) is 1.46. The van der Waals surface area contributed by atoms with Crippen molar-refractivity contribution in [1.82, 2.24) is 4.90 Å². The average molecular weight is 128 g/mol. The molecule has 0 bridgehead atoms. The van der Waals surface area contributed by atoms with Crippen molar-refractivity contribution in [1.29, 1.82) is 0 Å². The summed E-state index contributed by atoms with van der Waals surface area (Å²) in [5.41, 5.74) is 5.29. The highest BCUT2D eigenvalue weighted by Gasteiger charge is 2.44. The summed E-state index contributed by atoms with van der Waals surface area (Å²) in [6.07, 6.45) is 0.268. The van der Waals surface area contributed by atoms with Gasteiger partial charge in [0, 0.05) is 13.0 Å². The van der Waals surface area contributed by atoms with Gasteiger partial charge in [-0.05, 0) is 0 Å². The summed E-state index contributed by atoms with van der Waals surface area (Å²) in [4.78, 5) is 12.5. The molecule has 0 aromatic heterocycles. The number of rotatable bonds is 0. The molecule has 2 atom stereocenters. The fraction of sp³-hybridized carbons (Fsp3) is 0.800. The van der Waals surface area contributed by atoms with Crippen LogP contribution in [-0.4, -0.2) is 29.8 Å². The monoisotopic (exact) mass is 128 g/mol. The van der Waals surface area contributed by atoms with Crippen molar-refractivity contribution in [2.24, 2.45) is 5.73 Å². The summed E-state index contributed by atoms with van der Waals surface area (Å²) >= 11 is 0. The fourth-order valence-corrected chi connectivity index (χ4v) is 1.15. The summed E-state index contributed by atoms with van der Waals surface area (Å²) in [6.45, 7) is 0.817. The van der Waals surface area contributed by atoms with Crippen LogP contribution in [0.4, 0.5) is 0 Å². The maximum absolute atomic E-state index is 10.8. The lowest BCUT2D eigenvalue weighted by Crippen LogP contribution is -2.46. The predicted octanol–water partition coefficient (Wildman–Crippen LogP) is -1.14. The third-order valence-electron chi connectivity index (χ3n) is 1.79. The van der Waals surface area contributed by atoms with E-state index in [1.807, 2.05) is 0 Å². The van der Waals surface area contributed by atoms with E-state index in [2.05, 4.69) is 0 Å². The number of nitrogens with zero attached hydrogens (tertiary/aromatic N) is 1. The summed E-state index contributed by atoms with van der Waals surface area (Å²) in [5.74, 6) is -0.0637. The second-order valence-electron chi connectivity index (χ2n) is 2.33. The van der Waals surface area contributed by atoms with Crippen molar-refractivity contribution in [3.05, 3.63) is 0 Å². The topological polar surface area (TPSA) is 55.6 Å². The van der Waals surface area contributed by atoms with Crippen molar-refractivity contribution in [3.8, 4) is 0 Å². The Morgan fingerprint density at radius 3 is 2.78 bits per heavy atom. The zero-order valence-electron chi connectivity index (χ0n) is 4.91. The molecule has 2 saturated heterocycles. The number of fused-ring (bicyclic) bond motifs is 1. The van der Waals surface area contributed by atoms with E-state index < -0.39 is 6.23 Å². The van der Waals surface area contributed by atoms with Gasteiger partial charge in [-0.2, -0.15) is 0 Å². The summed E-state index contributed by atoms with van der Waals surface area (Å²) < 4.78 is 5.03. The molecule has 2 aliphatic heterocycles. The predicted molar refractivity (Wildman–Crippen MR) is 29.2 cm³/mol. The van der Waals surface area contributed by atoms with E-state index in [0.717, 1.165) is 13.0 Å². The number of carbonyl (C=O) groups is 1. The van der Waals surface area contributed by atoms with Gasteiger partial charge in [0.1, 0.15) is 6.23 Å². The van der Waals surface area contributed by atoms with Crippen molar-refractivity contribution >= 4 is 5.91 Å². The molecular formula is C5H8N2O2. The third kappa shape index (κ3) is 0.516. The summed E-state index contributed by atoms with van der Waals surface area (Å²) in [7, 11) is 0. The molecule has 0 saturated carbocycles. The third-order valence-corrected chi connectivity index (χ3v) is 1.79. The average Bonchev–Trinajstić information content (AvgIpc) is 1.92. The zero-order valence-corrected chi connectivity index (χ0v) is 4.91. The smallest absolute Gasteiger partial charge is 0.268 e. The molecule has 9 heavy (non-hydrogen) atoms. The molecule has 0 aromatic rings. The lowest BCUT2D eigenvalue weighted by molar-refractivity contribution is -0.133. The molecule has 4 heteroatoms. The van der Waals surface area contributed by atoms with Gasteiger partial charge in [-0.25, -0.2) is 0 Å². The first-order valence-electron chi connectivity index (χ1n) is 3.00. The molecule has 2 unspecified atom stereocenters. The molecule has 1 amide bonds. The van der Waals surface area contributed by atoms with E-state index in [1.54, 1.807) is 4.90 Å². The van der Waals surface area contributed by atoms with Crippen LogP contribution in [0.1, 0.15) is 6.42 Å². The Labute approximate surface area is 52.6 Å². The molecule has 0 radical (unpaired) electrons. The standard InChI is InChI=1S/C5H8N2O2/c6-4-5(8)7-2-1-3(7)9-4/h3-4H,1-2,6H2. The van der Waals surface area contributed by atoms with Gasteiger partial charge in [0.15, 0.2) is 6.23 Å². The van der Waals surface area contributed by atoms with Crippen LogP contribution < -0.4 is 5.73 Å². The largest absolute Gasteiger partial charge is 0.331 e. The molecule has 2 N–H and O–H groups in total. The molecule has 0 aromatic carbocycles. The molecule has 4 nitrogen and oxygen atoms in total. The van der Waals surface area contributed by atoms with Crippen molar-refractivity contribution in [2.45, 2.75) is 18.9 Å². The molecular weight excluding hydrogens is 120 g/mol. The number of carbonyl (C=O) groups excluding carboxylic acids is 1. The van der Waals surface area contributed by atoms with Gasteiger partial charge in [-0.15, -0.1) is 0 Å². The summed E-state index contributed by atoms with van der Waals surface area (Å²) in [5, 5.41) is 0. The zero-order chi connectivity index (χ0) is 6.43. The van der Waals surface area contributed by atoms with Crippen LogP contribution in [0.3, 0.4) is 0 Å². The molecule has 0 aliphatic carbocycles. The number of amides is 1. The van der Waals surface area contributed by atoms with Crippen molar-refractivity contribution in [3.63, 3.8) is 0 Å². The molecule has 2 rings (SSSR count). The van der Waals surface area contributed by atoms with Crippen LogP contribution in [0, 0.1) is 0 Å². The molecule has 0 spiro atoms. The Kier molecular flexibility index (Phi) is 0.841. The van der Waals surface area contributed by atoms with Crippen molar-refractivity contribution in [2.75, 3.05) is 6.54 Å². The Bertz CT molecular complexity index is 159. The minimum Gasteiger partial charge on any atom is -0.331 e. The lowest BCUT2D eigenvalue weighted by atomic mass is 10.2. The molecule has 2 fully saturated rings. The number of hydrogen-bond acceptors (Lipinski definition) is 3. The maximum Gasteiger partial charge on any atom is 0.268 e.